The molecule has 20 heavy (non-hydrogen) atoms. The van der Waals surface area contributed by atoms with Gasteiger partial charge in [0.2, 0.25) is 0 Å². The molecule has 1 atom stereocenters. The molecule has 0 unspecified atom stereocenters. The van der Waals surface area contributed by atoms with Crippen molar-refractivity contribution < 1.29 is 19.7 Å². The van der Waals surface area contributed by atoms with Gasteiger partial charge in [0.25, 0.3) is 5.69 Å². The van der Waals surface area contributed by atoms with Crippen LogP contribution in [0.5, 0.6) is 5.75 Å². The molecular weight excluding hydrogens is 260 g/mol. The molecular formula is C14H21N2O4+. The van der Waals surface area contributed by atoms with Crippen molar-refractivity contribution in [3.8, 4) is 5.75 Å². The number of nitro groups is 1. The smallest absolute Gasteiger partial charge is 0.273 e. The number of aliphatic hydroxyl groups is 1. The van der Waals surface area contributed by atoms with Gasteiger partial charge in [0, 0.05) is 6.07 Å². The van der Waals surface area contributed by atoms with Crippen molar-refractivity contribution >= 4 is 5.69 Å². The van der Waals surface area contributed by atoms with Crippen LogP contribution >= 0.6 is 0 Å². The Kier molecular flexibility index (Phi) is 5.31. The Morgan fingerprint density at radius 3 is 2.80 bits per heavy atom. The van der Waals surface area contributed by atoms with Gasteiger partial charge in [-0.2, -0.15) is 0 Å². The van der Waals surface area contributed by atoms with Crippen molar-refractivity contribution in [3.05, 3.63) is 34.4 Å². The van der Waals surface area contributed by atoms with Crippen LogP contribution in [0.25, 0.3) is 0 Å². The van der Waals surface area contributed by atoms with E-state index in [4.69, 9.17) is 4.74 Å². The Hall–Kier alpha value is -1.66. The van der Waals surface area contributed by atoms with E-state index in [0.717, 1.165) is 13.1 Å². The van der Waals surface area contributed by atoms with Gasteiger partial charge in [-0.1, -0.05) is 6.07 Å². The number of piperidine rings is 1. The number of nitro benzene ring substituents is 1. The molecule has 1 aliphatic heterocycles. The Morgan fingerprint density at radius 2 is 2.10 bits per heavy atom. The lowest BCUT2D eigenvalue weighted by Gasteiger charge is -2.25. The van der Waals surface area contributed by atoms with E-state index in [1.54, 1.807) is 12.1 Å². The first kappa shape index (κ1) is 14.7. The first-order valence-corrected chi connectivity index (χ1v) is 7.04. The third-order valence-electron chi connectivity index (χ3n) is 3.56. The second-order valence-corrected chi connectivity index (χ2v) is 5.23. The number of likely N-dealkylation sites (tertiary alicyclic amines) is 1. The van der Waals surface area contributed by atoms with Crippen molar-refractivity contribution in [2.45, 2.75) is 25.4 Å². The second kappa shape index (κ2) is 7.21. The summed E-state index contributed by atoms with van der Waals surface area (Å²) in [7, 11) is 0. The number of benzene rings is 1. The summed E-state index contributed by atoms with van der Waals surface area (Å²) in [6.45, 7) is 3.06. The standard InChI is InChI=1S/C14H20N2O4/c17-13(10-15-7-2-1-3-8-15)11-20-14-6-4-5-12(9-14)16(18)19/h4-6,9,13,17H,1-3,7-8,10-11H2/p+1/t13-/m1/s1. The van der Waals surface area contributed by atoms with Crippen LogP contribution in [-0.2, 0) is 0 Å². The molecule has 2 rings (SSSR count). The van der Waals surface area contributed by atoms with Crippen LogP contribution < -0.4 is 9.64 Å². The molecule has 0 spiro atoms. The van der Waals surface area contributed by atoms with Gasteiger partial charge in [-0.15, -0.1) is 0 Å². The van der Waals surface area contributed by atoms with Gasteiger partial charge in [0.1, 0.15) is 25.0 Å². The highest BCUT2D eigenvalue weighted by atomic mass is 16.6. The number of ether oxygens (including phenoxy) is 1. The minimum absolute atomic E-state index is 0.00125. The monoisotopic (exact) mass is 281 g/mol. The predicted octanol–water partition coefficient (Wildman–Crippen LogP) is 0.403. The molecule has 0 bridgehead atoms. The van der Waals surface area contributed by atoms with E-state index in [2.05, 4.69) is 0 Å². The van der Waals surface area contributed by atoms with Crippen molar-refractivity contribution in [2.75, 3.05) is 26.2 Å². The Bertz CT molecular complexity index is 447. The molecule has 1 heterocycles. The molecule has 1 aromatic rings. The third kappa shape index (κ3) is 4.47. The lowest BCUT2D eigenvalue weighted by atomic mass is 10.1. The molecule has 0 saturated carbocycles. The van der Waals surface area contributed by atoms with Crippen molar-refractivity contribution in [1.82, 2.24) is 0 Å². The fraction of sp³-hybridized carbons (Fsp3) is 0.571. The van der Waals surface area contributed by atoms with Gasteiger partial charge < -0.3 is 14.7 Å². The summed E-state index contributed by atoms with van der Waals surface area (Å²) < 4.78 is 5.43. The van der Waals surface area contributed by atoms with E-state index >= 15 is 0 Å². The Labute approximate surface area is 118 Å². The van der Waals surface area contributed by atoms with Gasteiger partial charge in [0.15, 0.2) is 0 Å². The molecule has 2 N–H and O–H groups in total. The zero-order valence-corrected chi connectivity index (χ0v) is 11.5. The molecule has 1 fully saturated rings. The van der Waals surface area contributed by atoms with Gasteiger partial charge >= 0.3 is 0 Å². The maximum atomic E-state index is 10.7. The van der Waals surface area contributed by atoms with Gasteiger partial charge in [0.05, 0.1) is 24.1 Å². The van der Waals surface area contributed by atoms with Crippen molar-refractivity contribution in [1.29, 1.82) is 0 Å². The van der Waals surface area contributed by atoms with Crippen LogP contribution in [0.3, 0.4) is 0 Å². The van der Waals surface area contributed by atoms with Gasteiger partial charge in [-0.05, 0) is 25.3 Å². The van der Waals surface area contributed by atoms with Crippen LogP contribution in [0.1, 0.15) is 19.3 Å². The molecule has 0 aromatic heterocycles. The molecule has 1 saturated heterocycles. The van der Waals surface area contributed by atoms with E-state index in [9.17, 15) is 15.2 Å². The highest BCUT2D eigenvalue weighted by Crippen LogP contribution is 2.19. The Balaban J connectivity index is 1.78. The van der Waals surface area contributed by atoms with Crippen LogP contribution in [0.4, 0.5) is 5.69 Å². The van der Waals surface area contributed by atoms with Gasteiger partial charge in [-0.3, -0.25) is 10.1 Å². The maximum Gasteiger partial charge on any atom is 0.273 e. The van der Waals surface area contributed by atoms with Crippen LogP contribution in [-0.4, -0.2) is 42.4 Å². The van der Waals surface area contributed by atoms with Gasteiger partial charge in [-0.25, -0.2) is 0 Å². The second-order valence-electron chi connectivity index (χ2n) is 5.23. The lowest BCUT2D eigenvalue weighted by Crippen LogP contribution is -3.14. The van der Waals surface area contributed by atoms with E-state index in [1.807, 2.05) is 0 Å². The fourth-order valence-corrected chi connectivity index (χ4v) is 2.53. The predicted molar refractivity (Wildman–Crippen MR) is 74.0 cm³/mol. The largest absolute Gasteiger partial charge is 0.490 e. The normalized spacial score (nSPS) is 17.6. The zero-order chi connectivity index (χ0) is 14.4. The number of hydrogen-bond acceptors (Lipinski definition) is 4. The molecule has 0 aliphatic carbocycles. The molecule has 0 radical (unpaired) electrons. The topological polar surface area (TPSA) is 77.0 Å². The number of rotatable bonds is 6. The molecule has 1 aromatic carbocycles. The minimum Gasteiger partial charge on any atom is -0.490 e. The summed E-state index contributed by atoms with van der Waals surface area (Å²) in [4.78, 5) is 11.6. The van der Waals surface area contributed by atoms with E-state index in [1.165, 1.54) is 36.3 Å². The molecule has 6 heteroatoms. The van der Waals surface area contributed by atoms with Crippen molar-refractivity contribution in [3.63, 3.8) is 0 Å². The fourth-order valence-electron chi connectivity index (χ4n) is 2.53. The number of hydrogen-bond donors (Lipinski definition) is 2. The number of nitrogens with zero attached hydrogens (tertiary/aromatic N) is 1. The number of aliphatic hydroxyl groups excluding tert-OH is 1. The quantitative estimate of drug-likeness (QED) is 0.584. The van der Waals surface area contributed by atoms with E-state index in [-0.39, 0.29) is 12.3 Å². The Morgan fingerprint density at radius 1 is 1.35 bits per heavy atom. The van der Waals surface area contributed by atoms with Crippen LogP contribution in [0.2, 0.25) is 0 Å². The summed E-state index contributed by atoms with van der Waals surface area (Å²) in [6, 6.07) is 6.03. The van der Waals surface area contributed by atoms with Crippen LogP contribution in [0.15, 0.2) is 24.3 Å². The van der Waals surface area contributed by atoms with Crippen LogP contribution in [0, 0.1) is 10.1 Å². The SMILES string of the molecule is O=[N+]([O-])c1cccc(OC[C@H](O)C[NH+]2CCCCC2)c1. The summed E-state index contributed by atoms with van der Waals surface area (Å²) in [5, 5.41) is 20.6. The summed E-state index contributed by atoms with van der Waals surface area (Å²) in [6.07, 6.45) is 3.17. The molecule has 110 valence electrons. The summed E-state index contributed by atoms with van der Waals surface area (Å²) >= 11 is 0. The van der Waals surface area contributed by atoms with E-state index < -0.39 is 11.0 Å². The third-order valence-corrected chi connectivity index (χ3v) is 3.56. The average molecular weight is 281 g/mol. The zero-order valence-electron chi connectivity index (χ0n) is 11.5. The first-order valence-electron chi connectivity index (χ1n) is 7.04. The summed E-state index contributed by atoms with van der Waals surface area (Å²) in [5.41, 5.74) is -0.00125. The summed E-state index contributed by atoms with van der Waals surface area (Å²) in [5.74, 6) is 0.423. The molecule has 6 nitrogen and oxygen atoms in total. The highest BCUT2D eigenvalue weighted by Gasteiger charge is 2.18. The minimum atomic E-state index is -0.539. The molecule has 1 aliphatic rings. The number of non-ortho nitro benzene ring substituents is 1. The maximum absolute atomic E-state index is 10.7. The van der Waals surface area contributed by atoms with Crippen molar-refractivity contribution in [2.24, 2.45) is 0 Å². The molecule has 0 amide bonds. The number of nitrogens with one attached hydrogen (secondary N) is 1. The lowest BCUT2D eigenvalue weighted by molar-refractivity contribution is -0.908. The first-order chi connectivity index (χ1) is 9.65. The average Bonchev–Trinajstić information content (AvgIpc) is 2.46. The number of quaternary nitrogens is 1. The van der Waals surface area contributed by atoms with E-state index in [0.29, 0.717) is 12.3 Å². The highest BCUT2D eigenvalue weighted by molar-refractivity contribution is 5.37.